The highest BCUT2D eigenvalue weighted by Gasteiger charge is 2.27. The maximum atomic E-state index is 11.5. The van der Waals surface area contributed by atoms with Gasteiger partial charge in [-0.05, 0) is 23.8 Å². The van der Waals surface area contributed by atoms with E-state index in [-0.39, 0.29) is 0 Å². The van der Waals surface area contributed by atoms with Crippen molar-refractivity contribution in [2.45, 2.75) is 6.10 Å². The van der Waals surface area contributed by atoms with Crippen LogP contribution in [0.15, 0.2) is 48.5 Å². The third-order valence-corrected chi connectivity index (χ3v) is 2.92. The highest BCUT2D eigenvalue weighted by Crippen LogP contribution is 2.36. The molecule has 0 radical (unpaired) electrons. The molecule has 0 saturated carbocycles. The summed E-state index contributed by atoms with van der Waals surface area (Å²) in [6, 6.07) is 15.0. The molecule has 0 aromatic heterocycles. The van der Waals surface area contributed by atoms with E-state index in [0.717, 1.165) is 16.8 Å². The SMILES string of the molecule is Nc1ccc2c(c1)C(c1ccccc1)OC(=O)N2. The molecule has 1 unspecified atom stereocenters. The van der Waals surface area contributed by atoms with Gasteiger partial charge in [-0.25, -0.2) is 4.79 Å². The number of rotatable bonds is 1. The fourth-order valence-electron chi connectivity index (χ4n) is 2.10. The Bertz CT molecular complexity index is 596. The number of benzene rings is 2. The molecule has 1 aliphatic rings. The van der Waals surface area contributed by atoms with Crippen LogP contribution in [0, 0.1) is 0 Å². The van der Waals surface area contributed by atoms with E-state index in [0.29, 0.717) is 5.69 Å². The summed E-state index contributed by atoms with van der Waals surface area (Å²) in [5.74, 6) is 0. The number of hydrogen-bond donors (Lipinski definition) is 2. The Morgan fingerprint density at radius 1 is 1.11 bits per heavy atom. The molecule has 1 amide bonds. The van der Waals surface area contributed by atoms with Crippen molar-refractivity contribution in [1.29, 1.82) is 0 Å². The van der Waals surface area contributed by atoms with Crippen molar-refractivity contribution in [2.75, 3.05) is 11.1 Å². The van der Waals surface area contributed by atoms with E-state index in [1.54, 1.807) is 12.1 Å². The molecule has 0 bridgehead atoms. The molecule has 1 heterocycles. The Hall–Kier alpha value is -2.49. The molecule has 1 aliphatic heterocycles. The zero-order valence-corrected chi connectivity index (χ0v) is 9.59. The highest BCUT2D eigenvalue weighted by molar-refractivity contribution is 5.89. The number of amides is 1. The van der Waals surface area contributed by atoms with Crippen LogP contribution < -0.4 is 11.1 Å². The fraction of sp³-hybridized carbons (Fsp3) is 0.0714. The van der Waals surface area contributed by atoms with Gasteiger partial charge < -0.3 is 10.5 Å². The molecule has 2 aromatic carbocycles. The lowest BCUT2D eigenvalue weighted by molar-refractivity contribution is 0.126. The van der Waals surface area contributed by atoms with Crippen LogP contribution in [-0.4, -0.2) is 6.09 Å². The van der Waals surface area contributed by atoms with Gasteiger partial charge >= 0.3 is 6.09 Å². The van der Waals surface area contributed by atoms with Gasteiger partial charge in [0.1, 0.15) is 0 Å². The number of fused-ring (bicyclic) bond motifs is 1. The number of hydrogen-bond acceptors (Lipinski definition) is 3. The van der Waals surface area contributed by atoms with E-state index in [2.05, 4.69) is 5.32 Å². The minimum Gasteiger partial charge on any atom is -0.436 e. The number of anilines is 2. The van der Waals surface area contributed by atoms with Gasteiger partial charge in [-0.1, -0.05) is 30.3 Å². The Morgan fingerprint density at radius 3 is 2.67 bits per heavy atom. The molecule has 3 rings (SSSR count). The number of ether oxygens (including phenoxy) is 1. The lowest BCUT2D eigenvalue weighted by atomic mass is 9.98. The summed E-state index contributed by atoms with van der Waals surface area (Å²) in [5.41, 5.74) is 8.99. The smallest absolute Gasteiger partial charge is 0.412 e. The Kier molecular flexibility index (Phi) is 2.41. The zero-order valence-electron chi connectivity index (χ0n) is 9.59. The molecule has 0 saturated heterocycles. The van der Waals surface area contributed by atoms with E-state index >= 15 is 0 Å². The molecule has 4 heteroatoms. The Balaban J connectivity index is 2.12. The number of nitrogens with one attached hydrogen (secondary N) is 1. The molecule has 90 valence electrons. The van der Waals surface area contributed by atoms with Crippen LogP contribution in [0.4, 0.5) is 16.2 Å². The summed E-state index contributed by atoms with van der Waals surface area (Å²) in [6.07, 6.45) is -0.848. The molecule has 0 aliphatic carbocycles. The standard InChI is InChI=1S/C14H12N2O2/c15-10-6-7-12-11(8-10)13(18-14(17)16-12)9-4-2-1-3-5-9/h1-8,13H,15H2,(H,16,17). The summed E-state index contributed by atoms with van der Waals surface area (Å²) >= 11 is 0. The van der Waals surface area contributed by atoms with Gasteiger partial charge in [0.15, 0.2) is 6.10 Å². The molecule has 4 nitrogen and oxygen atoms in total. The van der Waals surface area contributed by atoms with Gasteiger partial charge in [-0.15, -0.1) is 0 Å². The summed E-state index contributed by atoms with van der Waals surface area (Å²) in [7, 11) is 0. The summed E-state index contributed by atoms with van der Waals surface area (Å²) < 4.78 is 5.35. The molecule has 18 heavy (non-hydrogen) atoms. The number of carbonyl (C=O) groups is 1. The largest absolute Gasteiger partial charge is 0.436 e. The van der Waals surface area contributed by atoms with Crippen molar-refractivity contribution in [3.8, 4) is 0 Å². The third kappa shape index (κ3) is 1.78. The van der Waals surface area contributed by atoms with Crippen molar-refractivity contribution in [2.24, 2.45) is 0 Å². The van der Waals surface area contributed by atoms with E-state index in [1.807, 2.05) is 36.4 Å². The molecule has 1 atom stereocenters. The van der Waals surface area contributed by atoms with E-state index < -0.39 is 12.2 Å². The topological polar surface area (TPSA) is 64.3 Å². The van der Waals surface area contributed by atoms with Gasteiger partial charge in [0.05, 0.1) is 5.69 Å². The first-order valence-electron chi connectivity index (χ1n) is 5.66. The second kappa shape index (κ2) is 4.07. The summed E-state index contributed by atoms with van der Waals surface area (Å²) in [4.78, 5) is 11.5. The normalized spacial score (nSPS) is 17.6. The van der Waals surface area contributed by atoms with Gasteiger partial charge in [-0.2, -0.15) is 0 Å². The van der Waals surface area contributed by atoms with Gasteiger partial charge in [0, 0.05) is 11.3 Å². The number of nitrogens with two attached hydrogens (primary N) is 1. The van der Waals surface area contributed by atoms with Crippen LogP contribution in [0.1, 0.15) is 17.2 Å². The van der Waals surface area contributed by atoms with Gasteiger partial charge in [0.2, 0.25) is 0 Å². The number of cyclic esters (lactones) is 1. The van der Waals surface area contributed by atoms with Crippen molar-refractivity contribution < 1.29 is 9.53 Å². The molecule has 3 N–H and O–H groups in total. The molecular weight excluding hydrogens is 228 g/mol. The second-order valence-corrected chi connectivity index (χ2v) is 4.17. The van der Waals surface area contributed by atoms with Crippen LogP contribution in [0.5, 0.6) is 0 Å². The van der Waals surface area contributed by atoms with Crippen molar-refractivity contribution >= 4 is 17.5 Å². The lowest BCUT2D eigenvalue weighted by Crippen LogP contribution is -2.25. The van der Waals surface area contributed by atoms with E-state index in [4.69, 9.17) is 10.5 Å². The highest BCUT2D eigenvalue weighted by atomic mass is 16.6. The van der Waals surface area contributed by atoms with Crippen molar-refractivity contribution in [3.05, 3.63) is 59.7 Å². The fourth-order valence-corrected chi connectivity index (χ4v) is 2.10. The maximum absolute atomic E-state index is 11.5. The lowest BCUT2D eigenvalue weighted by Gasteiger charge is -2.26. The average Bonchev–Trinajstić information content (AvgIpc) is 2.39. The van der Waals surface area contributed by atoms with E-state index in [9.17, 15) is 4.79 Å². The monoisotopic (exact) mass is 240 g/mol. The summed E-state index contributed by atoms with van der Waals surface area (Å²) in [6.45, 7) is 0. The first kappa shape index (κ1) is 10.7. The van der Waals surface area contributed by atoms with Crippen LogP contribution in [0.3, 0.4) is 0 Å². The summed E-state index contributed by atoms with van der Waals surface area (Å²) in [5, 5.41) is 2.67. The molecular formula is C14H12N2O2. The number of nitrogen functional groups attached to an aromatic ring is 1. The van der Waals surface area contributed by atoms with Crippen LogP contribution in [-0.2, 0) is 4.74 Å². The zero-order chi connectivity index (χ0) is 12.5. The third-order valence-electron chi connectivity index (χ3n) is 2.92. The Labute approximate surface area is 104 Å². The molecule has 0 spiro atoms. The minimum atomic E-state index is -0.443. The molecule has 2 aromatic rings. The van der Waals surface area contributed by atoms with Crippen molar-refractivity contribution in [1.82, 2.24) is 0 Å². The van der Waals surface area contributed by atoms with Gasteiger partial charge in [-0.3, -0.25) is 5.32 Å². The van der Waals surface area contributed by atoms with Crippen LogP contribution in [0.2, 0.25) is 0 Å². The predicted octanol–water partition coefficient (Wildman–Crippen LogP) is 2.92. The van der Waals surface area contributed by atoms with Crippen LogP contribution in [0.25, 0.3) is 0 Å². The molecule has 0 fully saturated rings. The first-order chi connectivity index (χ1) is 8.74. The van der Waals surface area contributed by atoms with Crippen LogP contribution >= 0.6 is 0 Å². The van der Waals surface area contributed by atoms with E-state index in [1.165, 1.54) is 0 Å². The maximum Gasteiger partial charge on any atom is 0.412 e. The van der Waals surface area contributed by atoms with Gasteiger partial charge in [0.25, 0.3) is 0 Å². The predicted molar refractivity (Wildman–Crippen MR) is 69.2 cm³/mol. The second-order valence-electron chi connectivity index (χ2n) is 4.17. The average molecular weight is 240 g/mol. The minimum absolute atomic E-state index is 0.404. The quantitative estimate of drug-likeness (QED) is 0.753. The first-order valence-corrected chi connectivity index (χ1v) is 5.66. The number of carbonyl (C=O) groups excluding carboxylic acids is 1. The Morgan fingerprint density at radius 2 is 1.89 bits per heavy atom. The van der Waals surface area contributed by atoms with Crippen molar-refractivity contribution in [3.63, 3.8) is 0 Å².